The fourth-order valence-electron chi connectivity index (χ4n) is 2.99. The number of ether oxygens (including phenoxy) is 2. The van der Waals surface area contributed by atoms with E-state index in [1.807, 2.05) is 55.5 Å². The summed E-state index contributed by atoms with van der Waals surface area (Å²) in [5, 5.41) is 14.1. The van der Waals surface area contributed by atoms with E-state index in [1.165, 1.54) is 7.11 Å². The lowest BCUT2D eigenvalue weighted by Gasteiger charge is -2.17. The number of amides is 1. The maximum absolute atomic E-state index is 12.3. The normalized spacial score (nSPS) is 11.4. The Bertz CT molecular complexity index is 1000. The van der Waals surface area contributed by atoms with Gasteiger partial charge in [0.15, 0.2) is 18.1 Å². The van der Waals surface area contributed by atoms with Gasteiger partial charge < -0.3 is 14.8 Å². The number of methoxy groups -OCH3 is 1. The predicted octanol–water partition coefficient (Wildman–Crippen LogP) is 3.98. The number of nitriles is 1. The number of carbonyl (C=O) groups excluding carboxylic acids is 1. The minimum Gasteiger partial charge on any atom is -0.493 e. The van der Waals surface area contributed by atoms with Gasteiger partial charge in [-0.25, -0.2) is 0 Å². The van der Waals surface area contributed by atoms with Crippen LogP contribution in [0, 0.1) is 11.3 Å². The molecule has 5 heteroatoms. The highest BCUT2D eigenvalue weighted by molar-refractivity contribution is 5.87. The molecule has 0 heterocycles. The molecule has 27 heavy (non-hydrogen) atoms. The highest BCUT2D eigenvalue weighted by Crippen LogP contribution is 2.28. The van der Waals surface area contributed by atoms with E-state index in [2.05, 4.69) is 5.32 Å². The first-order chi connectivity index (χ1) is 13.1. The zero-order valence-electron chi connectivity index (χ0n) is 15.2. The Labute approximate surface area is 158 Å². The predicted molar refractivity (Wildman–Crippen MR) is 104 cm³/mol. The van der Waals surface area contributed by atoms with Crippen molar-refractivity contribution >= 4 is 16.7 Å². The Morgan fingerprint density at radius 3 is 2.67 bits per heavy atom. The van der Waals surface area contributed by atoms with Gasteiger partial charge in [-0.05, 0) is 35.4 Å². The minimum absolute atomic E-state index is 0.142. The van der Waals surface area contributed by atoms with E-state index in [0.717, 1.165) is 16.3 Å². The first-order valence-corrected chi connectivity index (χ1v) is 8.60. The van der Waals surface area contributed by atoms with Crippen molar-refractivity contribution in [2.24, 2.45) is 0 Å². The second-order valence-corrected chi connectivity index (χ2v) is 6.12. The number of nitrogens with zero attached hydrogens (tertiary/aromatic N) is 1. The van der Waals surface area contributed by atoms with Crippen molar-refractivity contribution in [3.8, 4) is 17.6 Å². The Balaban J connectivity index is 1.67. The van der Waals surface area contributed by atoms with E-state index in [-0.39, 0.29) is 18.6 Å². The molecule has 0 aliphatic carbocycles. The van der Waals surface area contributed by atoms with Gasteiger partial charge in [0.25, 0.3) is 5.91 Å². The van der Waals surface area contributed by atoms with Crippen molar-refractivity contribution in [3.63, 3.8) is 0 Å². The van der Waals surface area contributed by atoms with Crippen LogP contribution in [0.4, 0.5) is 0 Å². The molecule has 0 radical (unpaired) electrons. The van der Waals surface area contributed by atoms with Crippen LogP contribution >= 0.6 is 0 Å². The number of fused-ring (bicyclic) bond motifs is 1. The molecule has 5 nitrogen and oxygen atoms in total. The van der Waals surface area contributed by atoms with Gasteiger partial charge >= 0.3 is 0 Å². The standard InChI is InChI=1S/C22H20N2O3/c1-15(18-9-5-7-17-6-3-4-8-19(17)18)24-22(25)14-27-20-11-10-16(13-23)12-21(20)26-2/h3-12,15H,14H2,1-2H3,(H,24,25)/t15-/m1/s1. The molecule has 1 N–H and O–H groups in total. The van der Waals surface area contributed by atoms with Crippen LogP contribution in [0.15, 0.2) is 60.7 Å². The molecular formula is C22H20N2O3. The van der Waals surface area contributed by atoms with E-state index in [1.54, 1.807) is 18.2 Å². The zero-order chi connectivity index (χ0) is 19.2. The molecule has 0 saturated heterocycles. The van der Waals surface area contributed by atoms with Crippen molar-refractivity contribution in [1.29, 1.82) is 5.26 Å². The van der Waals surface area contributed by atoms with Crippen molar-refractivity contribution in [2.45, 2.75) is 13.0 Å². The third-order valence-electron chi connectivity index (χ3n) is 4.32. The molecule has 3 rings (SSSR count). The lowest BCUT2D eigenvalue weighted by molar-refractivity contribution is -0.123. The van der Waals surface area contributed by atoms with E-state index in [4.69, 9.17) is 14.7 Å². The van der Waals surface area contributed by atoms with Crippen LogP contribution in [0.3, 0.4) is 0 Å². The molecule has 3 aromatic rings. The largest absolute Gasteiger partial charge is 0.493 e. The third kappa shape index (κ3) is 4.18. The van der Waals surface area contributed by atoms with Crippen LogP contribution in [0.25, 0.3) is 10.8 Å². The number of hydrogen-bond acceptors (Lipinski definition) is 4. The summed E-state index contributed by atoms with van der Waals surface area (Å²) in [4.78, 5) is 12.3. The molecule has 0 saturated carbocycles. The molecule has 1 atom stereocenters. The maximum atomic E-state index is 12.3. The fraction of sp³-hybridized carbons (Fsp3) is 0.182. The van der Waals surface area contributed by atoms with Gasteiger partial charge in [-0.1, -0.05) is 42.5 Å². The summed E-state index contributed by atoms with van der Waals surface area (Å²) >= 11 is 0. The second kappa shape index (κ2) is 8.24. The van der Waals surface area contributed by atoms with E-state index in [0.29, 0.717) is 17.1 Å². The van der Waals surface area contributed by atoms with Gasteiger partial charge in [0.1, 0.15) is 0 Å². The van der Waals surface area contributed by atoms with Crippen LogP contribution < -0.4 is 14.8 Å². The average molecular weight is 360 g/mol. The first kappa shape index (κ1) is 18.3. The zero-order valence-corrected chi connectivity index (χ0v) is 15.2. The number of rotatable bonds is 6. The Hall–Kier alpha value is -3.52. The monoisotopic (exact) mass is 360 g/mol. The van der Waals surface area contributed by atoms with E-state index < -0.39 is 0 Å². The lowest BCUT2D eigenvalue weighted by atomic mass is 10.00. The van der Waals surface area contributed by atoms with Crippen molar-refractivity contribution in [2.75, 3.05) is 13.7 Å². The summed E-state index contributed by atoms with van der Waals surface area (Å²) < 4.78 is 10.8. The van der Waals surface area contributed by atoms with E-state index in [9.17, 15) is 4.79 Å². The summed E-state index contributed by atoms with van der Waals surface area (Å²) in [5.41, 5.74) is 1.52. The topological polar surface area (TPSA) is 71.3 Å². The van der Waals surface area contributed by atoms with Crippen LogP contribution in [-0.2, 0) is 4.79 Å². The summed E-state index contributed by atoms with van der Waals surface area (Å²) in [6.45, 7) is 1.80. The SMILES string of the molecule is COc1cc(C#N)ccc1OCC(=O)N[C@H](C)c1cccc2ccccc12. The van der Waals surface area contributed by atoms with Gasteiger partial charge in [-0.2, -0.15) is 5.26 Å². The molecule has 0 fully saturated rings. The Kier molecular flexibility index (Phi) is 5.58. The minimum atomic E-state index is -0.234. The van der Waals surface area contributed by atoms with Gasteiger partial charge in [0, 0.05) is 6.07 Å². The quantitative estimate of drug-likeness (QED) is 0.722. The average Bonchev–Trinajstić information content (AvgIpc) is 2.71. The second-order valence-electron chi connectivity index (χ2n) is 6.12. The third-order valence-corrected chi connectivity index (χ3v) is 4.32. The van der Waals surface area contributed by atoms with Crippen LogP contribution in [0.1, 0.15) is 24.1 Å². The van der Waals surface area contributed by atoms with Gasteiger partial charge in [-0.15, -0.1) is 0 Å². The molecule has 0 spiro atoms. The summed E-state index contributed by atoms with van der Waals surface area (Å²) in [7, 11) is 1.49. The highest BCUT2D eigenvalue weighted by Gasteiger charge is 2.14. The van der Waals surface area contributed by atoms with Gasteiger partial charge in [0.05, 0.1) is 24.8 Å². The Morgan fingerprint density at radius 2 is 1.89 bits per heavy atom. The van der Waals surface area contributed by atoms with Crippen molar-refractivity contribution in [3.05, 3.63) is 71.8 Å². The van der Waals surface area contributed by atoms with Crippen LogP contribution in [0.5, 0.6) is 11.5 Å². The van der Waals surface area contributed by atoms with Gasteiger partial charge in [0.2, 0.25) is 0 Å². The maximum Gasteiger partial charge on any atom is 0.258 e. The molecule has 0 aliphatic rings. The summed E-state index contributed by atoms with van der Waals surface area (Å²) in [6, 6.07) is 20.8. The smallest absolute Gasteiger partial charge is 0.258 e. The molecule has 0 aliphatic heterocycles. The molecule has 0 aromatic heterocycles. The van der Waals surface area contributed by atoms with Crippen LogP contribution in [0.2, 0.25) is 0 Å². The summed E-state index contributed by atoms with van der Waals surface area (Å²) in [6.07, 6.45) is 0. The first-order valence-electron chi connectivity index (χ1n) is 8.60. The molecule has 1 amide bonds. The van der Waals surface area contributed by atoms with Crippen LogP contribution in [-0.4, -0.2) is 19.6 Å². The molecule has 0 unspecified atom stereocenters. The number of hydrogen-bond donors (Lipinski definition) is 1. The molecule has 3 aromatic carbocycles. The number of carbonyl (C=O) groups is 1. The molecular weight excluding hydrogens is 340 g/mol. The summed E-state index contributed by atoms with van der Waals surface area (Å²) in [5.74, 6) is 0.607. The van der Waals surface area contributed by atoms with E-state index >= 15 is 0 Å². The molecule has 136 valence electrons. The van der Waals surface area contributed by atoms with Crippen molar-refractivity contribution < 1.29 is 14.3 Å². The van der Waals surface area contributed by atoms with Crippen molar-refractivity contribution in [1.82, 2.24) is 5.32 Å². The number of benzene rings is 3. The number of nitrogens with one attached hydrogen (secondary N) is 1. The van der Waals surface area contributed by atoms with Gasteiger partial charge in [-0.3, -0.25) is 4.79 Å². The highest BCUT2D eigenvalue weighted by atomic mass is 16.5. The molecule has 0 bridgehead atoms. The lowest BCUT2D eigenvalue weighted by Crippen LogP contribution is -2.31. The Morgan fingerprint density at radius 1 is 1.11 bits per heavy atom. The fourth-order valence-corrected chi connectivity index (χ4v) is 2.99.